The maximum atomic E-state index is 5.65. The van der Waals surface area contributed by atoms with Crippen molar-refractivity contribution in [2.75, 3.05) is 0 Å². The molecule has 1 aliphatic rings. The number of fused-ring (bicyclic) bond motifs is 1. The number of hydrogen-bond acceptors (Lipinski definition) is 2. The second kappa shape index (κ2) is 4.26. The van der Waals surface area contributed by atoms with E-state index in [4.69, 9.17) is 9.31 Å². The minimum Gasteiger partial charge on any atom is -0.519 e. The van der Waals surface area contributed by atoms with Gasteiger partial charge in [-0.2, -0.15) is 0 Å². The molecule has 0 saturated carbocycles. The molecule has 3 heteroatoms. The fourth-order valence-corrected chi connectivity index (χ4v) is 1.55. The molecule has 0 aromatic heterocycles. The van der Waals surface area contributed by atoms with Crippen molar-refractivity contribution >= 4 is 7.12 Å². The standard InChI is InChI=1S/C12H13BO2/c1-3-7-10(4-2)13-14-11-8-5-6-9-12(11)15-13/h4-9H,2-3H2,1H3/b10-7+. The zero-order chi connectivity index (χ0) is 10.7. The van der Waals surface area contributed by atoms with Crippen molar-refractivity contribution in [3.05, 3.63) is 48.5 Å². The first-order valence-corrected chi connectivity index (χ1v) is 5.10. The molecule has 0 atom stereocenters. The van der Waals surface area contributed by atoms with Gasteiger partial charge in [-0.1, -0.05) is 37.8 Å². The fourth-order valence-electron chi connectivity index (χ4n) is 1.55. The summed E-state index contributed by atoms with van der Waals surface area (Å²) in [5.41, 5.74) is 0.980. The van der Waals surface area contributed by atoms with Gasteiger partial charge in [0.15, 0.2) is 0 Å². The van der Waals surface area contributed by atoms with Gasteiger partial charge in [0.1, 0.15) is 11.5 Å². The minimum atomic E-state index is -0.333. The van der Waals surface area contributed by atoms with Crippen LogP contribution >= 0.6 is 0 Å². The van der Waals surface area contributed by atoms with E-state index < -0.39 is 0 Å². The van der Waals surface area contributed by atoms with E-state index in [9.17, 15) is 0 Å². The van der Waals surface area contributed by atoms with Gasteiger partial charge in [-0.15, -0.1) is 0 Å². The van der Waals surface area contributed by atoms with E-state index in [-0.39, 0.29) is 7.12 Å². The number of rotatable bonds is 3. The van der Waals surface area contributed by atoms with Crippen molar-refractivity contribution in [1.29, 1.82) is 0 Å². The summed E-state index contributed by atoms with van der Waals surface area (Å²) in [6.45, 7) is 5.83. The predicted molar refractivity (Wildman–Crippen MR) is 62.0 cm³/mol. The van der Waals surface area contributed by atoms with Gasteiger partial charge in [-0.3, -0.25) is 0 Å². The Hall–Kier alpha value is -1.64. The van der Waals surface area contributed by atoms with Crippen LogP contribution in [0.3, 0.4) is 0 Å². The smallest absolute Gasteiger partial charge is 0.519 e. The fraction of sp³-hybridized carbons (Fsp3) is 0.167. The topological polar surface area (TPSA) is 18.5 Å². The largest absolute Gasteiger partial charge is 0.632 e. The van der Waals surface area contributed by atoms with Crippen LogP contribution in [0.4, 0.5) is 0 Å². The van der Waals surface area contributed by atoms with Gasteiger partial charge >= 0.3 is 7.12 Å². The normalized spacial score (nSPS) is 14.2. The monoisotopic (exact) mass is 200 g/mol. The summed E-state index contributed by atoms with van der Waals surface area (Å²) in [5.74, 6) is 1.60. The van der Waals surface area contributed by atoms with Crippen LogP contribution in [0.1, 0.15) is 13.3 Å². The molecule has 1 heterocycles. The Balaban J connectivity index is 2.19. The molecule has 15 heavy (non-hydrogen) atoms. The molecular weight excluding hydrogens is 187 g/mol. The summed E-state index contributed by atoms with van der Waals surface area (Å²) in [6.07, 6.45) is 4.78. The molecule has 0 bridgehead atoms. The zero-order valence-corrected chi connectivity index (χ0v) is 8.77. The minimum absolute atomic E-state index is 0.333. The lowest BCUT2D eigenvalue weighted by atomic mass is 9.78. The Kier molecular flexibility index (Phi) is 2.81. The van der Waals surface area contributed by atoms with Crippen LogP contribution in [0.15, 0.2) is 48.5 Å². The van der Waals surface area contributed by atoms with Crippen LogP contribution in [0, 0.1) is 0 Å². The molecule has 0 unspecified atom stereocenters. The van der Waals surface area contributed by atoms with Crippen molar-refractivity contribution in [2.24, 2.45) is 0 Å². The highest BCUT2D eigenvalue weighted by molar-refractivity contribution is 6.57. The maximum absolute atomic E-state index is 5.65. The van der Waals surface area contributed by atoms with Gasteiger partial charge in [0.25, 0.3) is 0 Å². The van der Waals surface area contributed by atoms with Crippen molar-refractivity contribution in [3.63, 3.8) is 0 Å². The molecule has 0 amide bonds. The van der Waals surface area contributed by atoms with Gasteiger partial charge < -0.3 is 9.31 Å². The van der Waals surface area contributed by atoms with E-state index in [2.05, 4.69) is 19.6 Å². The van der Waals surface area contributed by atoms with Crippen LogP contribution in [0.2, 0.25) is 0 Å². The van der Waals surface area contributed by atoms with E-state index in [1.807, 2.05) is 24.3 Å². The Morgan fingerprint density at radius 2 is 1.93 bits per heavy atom. The van der Waals surface area contributed by atoms with Gasteiger partial charge in [0.2, 0.25) is 0 Å². The molecule has 0 spiro atoms. The molecule has 1 aromatic rings. The van der Waals surface area contributed by atoms with Gasteiger partial charge in [0, 0.05) is 5.47 Å². The summed E-state index contributed by atoms with van der Waals surface area (Å²) in [7, 11) is -0.333. The number of hydrogen-bond donors (Lipinski definition) is 0. The number of allylic oxidation sites excluding steroid dienone is 3. The molecule has 2 rings (SSSR count). The molecule has 76 valence electrons. The van der Waals surface area contributed by atoms with E-state index in [1.54, 1.807) is 6.08 Å². The van der Waals surface area contributed by atoms with Crippen LogP contribution in [0.5, 0.6) is 11.5 Å². The Morgan fingerprint density at radius 1 is 1.33 bits per heavy atom. The lowest BCUT2D eigenvalue weighted by Gasteiger charge is -2.04. The SMILES string of the molecule is C=C/C(=C\CC)B1Oc2ccccc2O1. The molecule has 0 aliphatic carbocycles. The number of benzene rings is 1. The van der Waals surface area contributed by atoms with Crippen molar-refractivity contribution in [2.45, 2.75) is 13.3 Å². The average Bonchev–Trinajstić information content (AvgIpc) is 2.69. The van der Waals surface area contributed by atoms with Crippen LogP contribution in [-0.4, -0.2) is 7.12 Å². The highest BCUT2D eigenvalue weighted by Crippen LogP contribution is 2.34. The second-order valence-electron chi connectivity index (χ2n) is 3.33. The third-order valence-corrected chi connectivity index (χ3v) is 2.26. The lowest BCUT2D eigenvalue weighted by Crippen LogP contribution is -2.26. The molecule has 0 radical (unpaired) electrons. The molecule has 2 nitrogen and oxygen atoms in total. The lowest BCUT2D eigenvalue weighted by molar-refractivity contribution is 0.513. The van der Waals surface area contributed by atoms with Crippen molar-refractivity contribution < 1.29 is 9.31 Å². The van der Waals surface area contributed by atoms with E-state index >= 15 is 0 Å². The Bertz CT molecular complexity index is 373. The van der Waals surface area contributed by atoms with Gasteiger partial charge in [-0.05, 0) is 18.6 Å². The molecule has 1 aromatic carbocycles. The Labute approximate surface area is 90.4 Å². The summed E-state index contributed by atoms with van der Waals surface area (Å²) >= 11 is 0. The van der Waals surface area contributed by atoms with E-state index in [0.29, 0.717) is 0 Å². The molecular formula is C12H13BO2. The molecule has 0 N–H and O–H groups in total. The third-order valence-electron chi connectivity index (χ3n) is 2.26. The first-order chi connectivity index (χ1) is 7.35. The molecule has 0 fully saturated rings. The van der Waals surface area contributed by atoms with E-state index in [1.165, 1.54) is 0 Å². The van der Waals surface area contributed by atoms with Crippen molar-refractivity contribution in [3.8, 4) is 11.5 Å². The van der Waals surface area contributed by atoms with Crippen LogP contribution < -0.4 is 9.31 Å². The summed E-state index contributed by atoms with van der Waals surface area (Å²) < 4.78 is 11.3. The van der Waals surface area contributed by atoms with Crippen LogP contribution in [-0.2, 0) is 0 Å². The van der Waals surface area contributed by atoms with Gasteiger partial charge in [-0.25, -0.2) is 0 Å². The summed E-state index contributed by atoms with van der Waals surface area (Å²) in [5, 5.41) is 0. The third kappa shape index (κ3) is 1.91. The number of para-hydroxylation sites is 2. The first kappa shape index (κ1) is 9.90. The second-order valence-corrected chi connectivity index (χ2v) is 3.33. The zero-order valence-electron chi connectivity index (χ0n) is 8.77. The predicted octanol–water partition coefficient (Wildman–Crippen LogP) is 3.01. The van der Waals surface area contributed by atoms with Crippen molar-refractivity contribution in [1.82, 2.24) is 0 Å². The molecule has 1 aliphatic heterocycles. The molecule has 0 saturated heterocycles. The van der Waals surface area contributed by atoms with Gasteiger partial charge in [0.05, 0.1) is 0 Å². The summed E-state index contributed by atoms with van der Waals surface area (Å²) in [6, 6.07) is 7.67. The van der Waals surface area contributed by atoms with E-state index in [0.717, 1.165) is 23.4 Å². The maximum Gasteiger partial charge on any atom is 0.632 e. The highest BCUT2D eigenvalue weighted by Gasteiger charge is 2.33. The highest BCUT2D eigenvalue weighted by atomic mass is 16.6. The average molecular weight is 200 g/mol. The quantitative estimate of drug-likeness (QED) is 0.551. The van der Waals surface area contributed by atoms with Crippen LogP contribution in [0.25, 0.3) is 0 Å². The Morgan fingerprint density at radius 3 is 2.40 bits per heavy atom. The first-order valence-electron chi connectivity index (χ1n) is 5.10. The summed E-state index contributed by atoms with van der Waals surface area (Å²) in [4.78, 5) is 0.